The van der Waals surface area contributed by atoms with Crippen LogP contribution in [0.2, 0.25) is 0 Å². The van der Waals surface area contributed by atoms with E-state index >= 15 is 0 Å². The zero-order valence-electron chi connectivity index (χ0n) is 16.2. The lowest BCUT2D eigenvalue weighted by molar-refractivity contribution is 0.270. The first-order valence-corrected chi connectivity index (χ1v) is 9.57. The molecule has 2 aliphatic rings. The van der Waals surface area contributed by atoms with E-state index in [1.54, 1.807) is 13.1 Å². The lowest BCUT2D eigenvalue weighted by Gasteiger charge is -2.35. The Balaban J connectivity index is 0.00000261. The van der Waals surface area contributed by atoms with Gasteiger partial charge in [-0.1, -0.05) is 25.1 Å². The lowest BCUT2D eigenvalue weighted by Crippen LogP contribution is -2.46. The van der Waals surface area contributed by atoms with E-state index < -0.39 is 0 Å². The van der Waals surface area contributed by atoms with Crippen molar-refractivity contribution >= 4 is 35.6 Å². The molecule has 1 fully saturated rings. The summed E-state index contributed by atoms with van der Waals surface area (Å²) in [6.07, 6.45) is 6.41. The minimum atomic E-state index is -0.141. The first-order chi connectivity index (χ1) is 12.7. The highest BCUT2D eigenvalue weighted by Gasteiger charge is 2.18. The van der Waals surface area contributed by atoms with Crippen molar-refractivity contribution in [1.82, 2.24) is 15.5 Å². The summed E-state index contributed by atoms with van der Waals surface area (Å²) in [4.78, 5) is 8.79. The number of likely N-dealkylation sites (N-methyl/N-ethyl adjacent to an activating group) is 1. The number of halogens is 2. The minimum absolute atomic E-state index is 0. The molecule has 3 rings (SSSR count). The summed E-state index contributed by atoms with van der Waals surface area (Å²) in [6, 6.07) is 5.95. The zero-order valence-corrected chi connectivity index (χ0v) is 18.6. The predicted octanol–water partition coefficient (Wildman–Crippen LogP) is 2.97. The second-order valence-electron chi connectivity index (χ2n) is 6.92. The third-order valence-corrected chi connectivity index (χ3v) is 5.20. The molecule has 0 amide bonds. The van der Waals surface area contributed by atoms with Gasteiger partial charge in [0.25, 0.3) is 0 Å². The Hall–Kier alpha value is -1.35. The number of hydrogen-bond acceptors (Lipinski definition) is 3. The van der Waals surface area contributed by atoms with Gasteiger partial charge in [0.05, 0.1) is 5.69 Å². The van der Waals surface area contributed by atoms with Gasteiger partial charge in [-0.05, 0) is 37.1 Å². The molecule has 0 spiro atoms. The van der Waals surface area contributed by atoms with Crippen LogP contribution in [0, 0.1) is 5.82 Å². The average molecular weight is 487 g/mol. The van der Waals surface area contributed by atoms with Gasteiger partial charge in [0.15, 0.2) is 5.96 Å². The van der Waals surface area contributed by atoms with Crippen LogP contribution in [0.1, 0.15) is 25.3 Å². The molecule has 150 valence electrons. The van der Waals surface area contributed by atoms with Crippen LogP contribution >= 0.6 is 24.0 Å². The number of anilines is 1. The Morgan fingerprint density at radius 3 is 2.48 bits per heavy atom. The fourth-order valence-electron chi connectivity index (χ4n) is 3.53. The van der Waals surface area contributed by atoms with Gasteiger partial charge in [-0.15, -0.1) is 24.0 Å². The Bertz CT molecular complexity index is 648. The van der Waals surface area contributed by atoms with Crippen molar-refractivity contribution in [2.45, 2.75) is 32.4 Å². The van der Waals surface area contributed by atoms with Crippen LogP contribution in [-0.2, 0) is 6.54 Å². The normalized spacial score (nSPS) is 18.5. The summed E-state index contributed by atoms with van der Waals surface area (Å²) in [5, 5.41) is 6.67. The van der Waals surface area contributed by atoms with Gasteiger partial charge in [0.2, 0.25) is 0 Å². The SMILES string of the molecule is CCN1CCN(c2ccc(CNC(=NC)NC3CC=CC3)cc2F)CC1.I. The smallest absolute Gasteiger partial charge is 0.191 e. The molecule has 0 aromatic heterocycles. The Labute approximate surface area is 179 Å². The van der Waals surface area contributed by atoms with E-state index in [2.05, 4.69) is 44.5 Å². The van der Waals surface area contributed by atoms with Gasteiger partial charge in [-0.25, -0.2) is 4.39 Å². The highest BCUT2D eigenvalue weighted by Crippen LogP contribution is 2.22. The maximum absolute atomic E-state index is 14.6. The summed E-state index contributed by atoms with van der Waals surface area (Å²) in [5.41, 5.74) is 1.63. The first-order valence-electron chi connectivity index (χ1n) is 9.57. The predicted molar refractivity (Wildman–Crippen MR) is 122 cm³/mol. The van der Waals surface area contributed by atoms with Crippen molar-refractivity contribution in [2.75, 3.05) is 44.7 Å². The molecular weight excluding hydrogens is 456 g/mol. The quantitative estimate of drug-likeness (QED) is 0.290. The van der Waals surface area contributed by atoms with E-state index in [-0.39, 0.29) is 29.8 Å². The van der Waals surface area contributed by atoms with E-state index in [0.717, 1.165) is 57.1 Å². The minimum Gasteiger partial charge on any atom is -0.367 e. The standard InChI is InChI=1S/C20H30FN5.HI/c1-3-25-10-12-26(13-11-25)19-9-8-16(14-18(19)21)15-23-20(22-2)24-17-6-4-5-7-17;/h4-5,8-9,14,17H,3,6-7,10-13,15H2,1-2H3,(H2,22,23,24);1H. The molecule has 0 saturated carbocycles. The number of rotatable bonds is 5. The molecule has 0 bridgehead atoms. The van der Waals surface area contributed by atoms with Gasteiger partial charge >= 0.3 is 0 Å². The molecule has 1 heterocycles. The van der Waals surface area contributed by atoms with Crippen molar-refractivity contribution in [3.63, 3.8) is 0 Å². The number of hydrogen-bond donors (Lipinski definition) is 2. The fraction of sp³-hybridized carbons (Fsp3) is 0.550. The number of nitrogens with zero attached hydrogens (tertiary/aromatic N) is 3. The van der Waals surface area contributed by atoms with Crippen LogP contribution in [-0.4, -0.2) is 56.7 Å². The van der Waals surface area contributed by atoms with Gasteiger partial charge in [-0.2, -0.15) is 0 Å². The summed E-state index contributed by atoms with van der Waals surface area (Å²) in [6.45, 7) is 7.55. The van der Waals surface area contributed by atoms with E-state index in [0.29, 0.717) is 18.3 Å². The number of guanidine groups is 1. The average Bonchev–Trinajstić information content (AvgIpc) is 3.18. The summed E-state index contributed by atoms with van der Waals surface area (Å²) in [7, 11) is 1.76. The van der Waals surface area contributed by atoms with Crippen molar-refractivity contribution < 1.29 is 4.39 Å². The Morgan fingerprint density at radius 1 is 1.19 bits per heavy atom. The number of benzene rings is 1. The molecule has 1 aromatic rings. The highest BCUT2D eigenvalue weighted by molar-refractivity contribution is 14.0. The van der Waals surface area contributed by atoms with Crippen LogP contribution in [0.3, 0.4) is 0 Å². The summed E-state index contributed by atoms with van der Waals surface area (Å²) >= 11 is 0. The maximum Gasteiger partial charge on any atom is 0.191 e. The van der Waals surface area contributed by atoms with E-state index in [1.807, 2.05) is 12.1 Å². The summed E-state index contributed by atoms with van der Waals surface area (Å²) in [5.74, 6) is 0.621. The third-order valence-electron chi connectivity index (χ3n) is 5.20. The molecule has 2 N–H and O–H groups in total. The molecule has 0 atom stereocenters. The molecule has 1 aliphatic heterocycles. The van der Waals surface area contributed by atoms with Gasteiger partial charge < -0.3 is 20.4 Å². The molecule has 27 heavy (non-hydrogen) atoms. The van der Waals surface area contributed by atoms with Crippen LogP contribution in [0.15, 0.2) is 35.3 Å². The van der Waals surface area contributed by atoms with Crippen molar-refractivity contribution in [3.8, 4) is 0 Å². The largest absolute Gasteiger partial charge is 0.367 e. The first kappa shape index (κ1) is 21.9. The van der Waals surface area contributed by atoms with Crippen LogP contribution in [0.25, 0.3) is 0 Å². The highest BCUT2D eigenvalue weighted by atomic mass is 127. The molecule has 1 saturated heterocycles. The van der Waals surface area contributed by atoms with Crippen molar-refractivity contribution in [3.05, 3.63) is 41.7 Å². The number of aliphatic imine (C=N–C) groups is 1. The number of piperazine rings is 1. The van der Waals surface area contributed by atoms with Crippen LogP contribution < -0.4 is 15.5 Å². The monoisotopic (exact) mass is 487 g/mol. The van der Waals surface area contributed by atoms with Crippen LogP contribution in [0.5, 0.6) is 0 Å². The molecule has 0 unspecified atom stereocenters. The van der Waals surface area contributed by atoms with E-state index in [9.17, 15) is 4.39 Å². The van der Waals surface area contributed by atoms with Crippen LogP contribution in [0.4, 0.5) is 10.1 Å². The lowest BCUT2D eigenvalue weighted by atomic mass is 10.1. The van der Waals surface area contributed by atoms with E-state index in [1.165, 1.54) is 0 Å². The molecular formula is C20H31FIN5. The maximum atomic E-state index is 14.6. The topological polar surface area (TPSA) is 42.9 Å². The summed E-state index contributed by atoms with van der Waals surface area (Å²) < 4.78 is 14.6. The van der Waals surface area contributed by atoms with Gasteiger partial charge in [0, 0.05) is 45.8 Å². The molecule has 1 aromatic carbocycles. The molecule has 0 radical (unpaired) electrons. The second-order valence-corrected chi connectivity index (χ2v) is 6.92. The zero-order chi connectivity index (χ0) is 18.4. The van der Waals surface area contributed by atoms with Gasteiger partial charge in [-0.3, -0.25) is 4.99 Å². The third kappa shape index (κ3) is 6.07. The second kappa shape index (κ2) is 10.8. The van der Waals surface area contributed by atoms with E-state index in [4.69, 9.17) is 0 Å². The van der Waals surface area contributed by atoms with Crippen molar-refractivity contribution in [1.29, 1.82) is 0 Å². The Morgan fingerprint density at radius 2 is 1.89 bits per heavy atom. The number of nitrogens with one attached hydrogen (secondary N) is 2. The van der Waals surface area contributed by atoms with Gasteiger partial charge in [0.1, 0.15) is 5.82 Å². The Kier molecular flexibility index (Phi) is 8.82. The molecule has 5 nitrogen and oxygen atoms in total. The molecule has 7 heteroatoms. The fourth-order valence-corrected chi connectivity index (χ4v) is 3.53. The molecule has 1 aliphatic carbocycles. The van der Waals surface area contributed by atoms with Crippen molar-refractivity contribution in [2.24, 2.45) is 4.99 Å².